The molecule has 0 aliphatic heterocycles. The van der Waals surface area contributed by atoms with Crippen LogP contribution >= 0.6 is 0 Å². The second-order valence-corrected chi connectivity index (χ2v) is 23.2. The Morgan fingerprint density at radius 3 is 0.885 bits per heavy atom. The number of hydrogen-bond acceptors (Lipinski definition) is 11. The predicted octanol–water partition coefficient (Wildman–Crippen LogP) is 18.8. The summed E-state index contributed by atoms with van der Waals surface area (Å²) >= 11 is 0. The van der Waals surface area contributed by atoms with Gasteiger partial charge in [-0.05, 0) is 90.5 Å². The number of nitriles is 2. The van der Waals surface area contributed by atoms with Gasteiger partial charge in [0.05, 0.1) is 50.6 Å². The highest BCUT2D eigenvalue weighted by molar-refractivity contribution is 6.12. The molecule has 0 fully saturated rings. The van der Waals surface area contributed by atoms with Gasteiger partial charge >= 0.3 is 0 Å². The van der Waals surface area contributed by atoms with Gasteiger partial charge < -0.3 is 9.13 Å². The van der Waals surface area contributed by atoms with E-state index in [1.54, 1.807) is 0 Å². The number of rotatable bonds is 12. The Kier molecular flexibility index (Phi) is 13.9. The molecular weight excluding hydrogens is 1180 g/mol. The van der Waals surface area contributed by atoms with Crippen molar-refractivity contribution in [3.05, 3.63) is 308 Å². The Hall–Kier alpha value is -13.8. The van der Waals surface area contributed by atoms with E-state index in [1.807, 2.05) is 218 Å². The van der Waals surface area contributed by atoms with E-state index in [2.05, 4.69) is 100 Å². The summed E-state index contributed by atoms with van der Waals surface area (Å²) in [6.07, 6.45) is 0. The molecule has 5 aromatic heterocycles. The SMILES string of the molecule is N#Cc1ccc(-c2ccc(-c3nc(-c4ccccc4)nc(-c4ccc(C#N)c(-n5c6ccccc6c6cc(-c7nc(-c8ccccc8)nc(-c8ccccc8)n7)ccc65)c4)n3)cc2-n2c3ccccc3c3cc(-c4nc(-c5ccccc5)nc(-c5ccccc5)n4)ccc32)cc1. The van der Waals surface area contributed by atoms with Gasteiger partial charge in [0, 0.05) is 77.2 Å². The highest BCUT2D eigenvalue weighted by Gasteiger charge is 2.24. The third-order valence-electron chi connectivity index (χ3n) is 17.4. The summed E-state index contributed by atoms with van der Waals surface area (Å²) in [5, 5.41) is 24.9. The van der Waals surface area contributed by atoms with Crippen LogP contribution in [0.4, 0.5) is 0 Å². The maximum absolute atomic E-state index is 11.0. The van der Waals surface area contributed by atoms with Crippen LogP contribution < -0.4 is 0 Å². The zero-order valence-electron chi connectivity index (χ0n) is 51.1. The molecule has 0 amide bonds. The van der Waals surface area contributed by atoms with Crippen LogP contribution in [0.2, 0.25) is 0 Å². The van der Waals surface area contributed by atoms with E-state index >= 15 is 0 Å². The van der Waals surface area contributed by atoms with Gasteiger partial charge in [-0.3, -0.25) is 0 Å². The molecule has 0 aliphatic rings. The van der Waals surface area contributed by atoms with Gasteiger partial charge in [-0.1, -0.05) is 212 Å². The fourth-order valence-electron chi connectivity index (χ4n) is 12.7. The number of aromatic nitrogens is 11. The minimum absolute atomic E-state index is 0.414. The van der Waals surface area contributed by atoms with Crippen molar-refractivity contribution in [3.63, 3.8) is 0 Å². The monoisotopic (exact) mass is 1230 g/mol. The Labute approximate surface area is 550 Å². The van der Waals surface area contributed by atoms with Crippen molar-refractivity contribution in [3.8, 4) is 137 Å². The standard InChI is InChI=1S/C83H49N13/c84-50-52-34-36-53(37-35-52)64-43-40-62(49-74(64)96-70-33-19-17-31-66(70)68-47-60(42-45-72(68)96)81-90-77(56-24-10-3-11-25-56)87-78(91-81)57-26-12-4-13-27-57)83-93-79(58-28-14-5-15-29-58)92-82(94-83)61-38-39-63(51-85)73(48-61)95-69-32-18-16-30-65(69)67-46-59(41-44-71(67)95)80-88-75(54-20-6-1-7-21-54)86-76(89-80)55-22-8-2-9-23-55/h1-49H. The van der Waals surface area contributed by atoms with Crippen LogP contribution in [0.15, 0.2) is 297 Å². The van der Waals surface area contributed by atoms with Crippen molar-refractivity contribution in [2.75, 3.05) is 0 Å². The first-order chi connectivity index (χ1) is 47.5. The quantitative estimate of drug-likeness (QED) is 0.114. The molecule has 13 nitrogen and oxygen atoms in total. The highest BCUT2D eigenvalue weighted by atomic mass is 15.1. The van der Waals surface area contributed by atoms with Crippen molar-refractivity contribution in [2.24, 2.45) is 0 Å². The lowest BCUT2D eigenvalue weighted by atomic mass is 9.99. The molecule has 0 N–H and O–H groups in total. The van der Waals surface area contributed by atoms with Crippen molar-refractivity contribution in [1.82, 2.24) is 54.0 Å². The third-order valence-corrected chi connectivity index (χ3v) is 17.4. The fraction of sp³-hybridized carbons (Fsp3) is 0. The van der Waals surface area contributed by atoms with Crippen molar-refractivity contribution < 1.29 is 0 Å². The van der Waals surface area contributed by atoms with Gasteiger partial charge in [0.1, 0.15) is 6.07 Å². The van der Waals surface area contributed by atoms with Gasteiger partial charge in [0.2, 0.25) is 0 Å². The molecule has 0 saturated heterocycles. The minimum Gasteiger partial charge on any atom is -0.309 e. The number of benzene rings is 12. The highest BCUT2D eigenvalue weighted by Crippen LogP contribution is 2.42. The number of para-hydroxylation sites is 2. The fourth-order valence-corrected chi connectivity index (χ4v) is 12.7. The van der Waals surface area contributed by atoms with Gasteiger partial charge in [-0.25, -0.2) is 44.9 Å². The lowest BCUT2D eigenvalue weighted by Crippen LogP contribution is -2.03. The molecule has 17 aromatic rings. The van der Waals surface area contributed by atoms with Gasteiger partial charge in [0.25, 0.3) is 0 Å². The summed E-state index contributed by atoms with van der Waals surface area (Å²) in [5.74, 6) is 4.71. The van der Waals surface area contributed by atoms with E-state index in [9.17, 15) is 10.5 Å². The van der Waals surface area contributed by atoms with Crippen LogP contribution in [0, 0.1) is 22.7 Å². The van der Waals surface area contributed by atoms with Gasteiger partial charge in [-0.2, -0.15) is 10.5 Å². The van der Waals surface area contributed by atoms with E-state index in [1.165, 1.54) is 0 Å². The summed E-state index contributed by atoms with van der Waals surface area (Å²) < 4.78 is 4.44. The van der Waals surface area contributed by atoms with Crippen molar-refractivity contribution in [1.29, 1.82) is 10.5 Å². The molecular formula is C83H49N13. The molecule has 0 unspecified atom stereocenters. The van der Waals surface area contributed by atoms with E-state index in [0.717, 1.165) is 105 Å². The van der Waals surface area contributed by atoms with Crippen LogP contribution in [-0.2, 0) is 0 Å². The molecule has 5 heterocycles. The summed E-state index contributed by atoms with van der Waals surface area (Å²) in [7, 11) is 0. The zero-order valence-corrected chi connectivity index (χ0v) is 51.1. The maximum atomic E-state index is 11.0. The Balaban J connectivity index is 0.821. The number of nitrogens with zero attached hydrogens (tertiary/aromatic N) is 13. The average Bonchev–Trinajstić information content (AvgIpc) is 1.55. The molecule has 17 rings (SSSR count). The topological polar surface area (TPSA) is 173 Å². The Morgan fingerprint density at radius 2 is 0.510 bits per heavy atom. The molecule has 0 radical (unpaired) electrons. The van der Waals surface area contributed by atoms with E-state index < -0.39 is 0 Å². The van der Waals surface area contributed by atoms with Crippen LogP contribution in [0.25, 0.3) is 169 Å². The first-order valence-corrected chi connectivity index (χ1v) is 31.3. The molecule has 96 heavy (non-hydrogen) atoms. The van der Waals surface area contributed by atoms with Crippen LogP contribution in [0.1, 0.15) is 11.1 Å². The number of fused-ring (bicyclic) bond motifs is 6. The summed E-state index contributed by atoms with van der Waals surface area (Å²) in [6, 6.07) is 104. The average molecular weight is 1230 g/mol. The molecule has 0 atom stereocenters. The second kappa shape index (κ2) is 23.8. The van der Waals surface area contributed by atoms with Gasteiger partial charge in [0.15, 0.2) is 52.4 Å². The smallest absolute Gasteiger partial charge is 0.164 e. The Morgan fingerprint density at radius 1 is 0.219 bits per heavy atom. The van der Waals surface area contributed by atoms with Crippen LogP contribution in [0.3, 0.4) is 0 Å². The summed E-state index contributed by atoms with van der Waals surface area (Å²) in [6.45, 7) is 0. The summed E-state index contributed by atoms with van der Waals surface area (Å²) in [4.78, 5) is 46.2. The lowest BCUT2D eigenvalue weighted by Gasteiger charge is -2.17. The zero-order chi connectivity index (χ0) is 64.1. The van der Waals surface area contributed by atoms with Crippen LogP contribution in [0.5, 0.6) is 0 Å². The molecule has 13 heteroatoms. The molecule has 0 saturated carbocycles. The van der Waals surface area contributed by atoms with Crippen molar-refractivity contribution in [2.45, 2.75) is 0 Å². The molecule has 0 aliphatic carbocycles. The largest absolute Gasteiger partial charge is 0.309 e. The second-order valence-electron chi connectivity index (χ2n) is 23.2. The predicted molar refractivity (Wildman–Crippen MR) is 379 cm³/mol. The summed E-state index contributed by atoms with van der Waals surface area (Å²) in [5.41, 5.74) is 15.5. The molecule has 0 spiro atoms. The van der Waals surface area contributed by atoms with Gasteiger partial charge in [-0.15, -0.1) is 0 Å². The maximum Gasteiger partial charge on any atom is 0.164 e. The number of hydrogen-bond donors (Lipinski definition) is 0. The first-order valence-electron chi connectivity index (χ1n) is 31.3. The third kappa shape index (κ3) is 10.2. The van der Waals surface area contributed by atoms with Crippen LogP contribution in [-0.4, -0.2) is 54.0 Å². The van der Waals surface area contributed by atoms with E-state index in [0.29, 0.717) is 74.8 Å². The lowest BCUT2D eigenvalue weighted by molar-refractivity contribution is 1.07. The minimum atomic E-state index is 0.414. The molecule has 12 aromatic carbocycles. The molecule has 0 bridgehead atoms. The Bertz CT molecular complexity index is 5850. The normalized spacial score (nSPS) is 11.3. The van der Waals surface area contributed by atoms with Crippen molar-refractivity contribution >= 4 is 43.6 Å². The van der Waals surface area contributed by atoms with E-state index in [4.69, 9.17) is 44.9 Å². The van der Waals surface area contributed by atoms with E-state index in [-0.39, 0.29) is 0 Å². The first kappa shape index (κ1) is 56.2. The molecule has 446 valence electrons.